The van der Waals surface area contributed by atoms with Gasteiger partial charge in [-0.1, -0.05) is 6.08 Å². The summed E-state index contributed by atoms with van der Waals surface area (Å²) in [5, 5.41) is 3.18. The van der Waals surface area contributed by atoms with Crippen LogP contribution in [0.2, 0.25) is 0 Å². The van der Waals surface area contributed by atoms with Gasteiger partial charge in [0.25, 0.3) is 5.91 Å². The van der Waals surface area contributed by atoms with Gasteiger partial charge in [-0.25, -0.2) is 0 Å². The molecule has 0 aromatic heterocycles. The Bertz CT molecular complexity index is 458. The quantitative estimate of drug-likeness (QED) is 0.433. The molecule has 0 aliphatic rings. The Morgan fingerprint density at radius 1 is 1.45 bits per heavy atom. The Labute approximate surface area is 120 Å². The minimum Gasteiger partial charge on any atom is -0.397 e. The molecule has 0 unspecified atom stereocenters. The van der Waals surface area contributed by atoms with Crippen molar-refractivity contribution in [1.29, 1.82) is 0 Å². The van der Waals surface area contributed by atoms with Crippen LogP contribution in [0.15, 0.2) is 30.9 Å². The maximum atomic E-state index is 11.9. The van der Waals surface area contributed by atoms with E-state index < -0.39 is 0 Å². The van der Waals surface area contributed by atoms with Crippen molar-refractivity contribution in [2.45, 2.75) is 6.42 Å². The van der Waals surface area contributed by atoms with Crippen LogP contribution in [-0.4, -0.2) is 44.7 Å². The van der Waals surface area contributed by atoms with Crippen LogP contribution in [0.5, 0.6) is 0 Å². The van der Waals surface area contributed by atoms with E-state index in [0.717, 1.165) is 12.1 Å². The van der Waals surface area contributed by atoms with Gasteiger partial charge in [0.15, 0.2) is 0 Å². The normalized spacial score (nSPS) is 10.1. The largest absolute Gasteiger partial charge is 0.397 e. The molecule has 1 rings (SSSR count). The lowest BCUT2D eigenvalue weighted by atomic mass is 10.1. The summed E-state index contributed by atoms with van der Waals surface area (Å²) in [7, 11) is 3.44. The summed E-state index contributed by atoms with van der Waals surface area (Å²) in [6.45, 7) is 5.52. The summed E-state index contributed by atoms with van der Waals surface area (Å²) in [5.41, 5.74) is 7.87. The van der Waals surface area contributed by atoms with Crippen molar-refractivity contribution in [3.63, 3.8) is 0 Å². The highest BCUT2D eigenvalue weighted by atomic mass is 16.5. The van der Waals surface area contributed by atoms with Gasteiger partial charge in [0.1, 0.15) is 0 Å². The second kappa shape index (κ2) is 8.22. The molecule has 0 saturated heterocycles. The number of carbonyl (C=O) groups excluding carboxylic acids is 1. The van der Waals surface area contributed by atoms with Crippen molar-refractivity contribution in [2.24, 2.45) is 0 Å². The summed E-state index contributed by atoms with van der Waals surface area (Å²) in [4.78, 5) is 13.4. The average Bonchev–Trinajstić information content (AvgIpc) is 2.43. The predicted octanol–water partition coefficient (Wildman–Crippen LogP) is 1.98. The monoisotopic (exact) mass is 277 g/mol. The second-order valence-electron chi connectivity index (χ2n) is 4.62. The molecule has 0 aliphatic carbocycles. The molecule has 0 spiro atoms. The first-order chi connectivity index (χ1) is 9.56. The number of ether oxygens (including phenoxy) is 1. The van der Waals surface area contributed by atoms with Crippen molar-refractivity contribution in [2.75, 3.05) is 44.9 Å². The number of hydrogen-bond acceptors (Lipinski definition) is 4. The predicted molar refractivity (Wildman–Crippen MR) is 83.0 cm³/mol. The topological polar surface area (TPSA) is 67.6 Å². The third-order valence-electron chi connectivity index (χ3n) is 2.73. The maximum Gasteiger partial charge on any atom is 0.253 e. The van der Waals surface area contributed by atoms with Gasteiger partial charge in [0.2, 0.25) is 0 Å². The smallest absolute Gasteiger partial charge is 0.253 e. The van der Waals surface area contributed by atoms with Gasteiger partial charge in [-0.2, -0.15) is 0 Å². The van der Waals surface area contributed by atoms with Crippen molar-refractivity contribution < 1.29 is 9.53 Å². The van der Waals surface area contributed by atoms with Crippen LogP contribution < -0.4 is 11.1 Å². The molecule has 3 N–H and O–H groups in total. The van der Waals surface area contributed by atoms with E-state index in [1.807, 2.05) is 6.08 Å². The van der Waals surface area contributed by atoms with E-state index in [0.29, 0.717) is 31.0 Å². The molecule has 0 fully saturated rings. The molecule has 1 amide bonds. The van der Waals surface area contributed by atoms with E-state index in [1.165, 1.54) is 4.90 Å². The fraction of sp³-hybridized carbons (Fsp3) is 0.400. The van der Waals surface area contributed by atoms with E-state index >= 15 is 0 Å². The van der Waals surface area contributed by atoms with Crippen LogP contribution in [-0.2, 0) is 4.74 Å². The van der Waals surface area contributed by atoms with Gasteiger partial charge >= 0.3 is 0 Å². The summed E-state index contributed by atoms with van der Waals surface area (Å²) in [6, 6.07) is 5.22. The zero-order valence-corrected chi connectivity index (χ0v) is 12.2. The first kappa shape index (κ1) is 16.0. The molecule has 0 heterocycles. The van der Waals surface area contributed by atoms with Gasteiger partial charge in [-0.05, 0) is 24.6 Å². The zero-order chi connectivity index (χ0) is 15.0. The van der Waals surface area contributed by atoms with E-state index in [4.69, 9.17) is 10.5 Å². The minimum absolute atomic E-state index is 0.0460. The number of nitrogen functional groups attached to an aromatic ring is 1. The van der Waals surface area contributed by atoms with Gasteiger partial charge < -0.3 is 20.7 Å². The summed E-state index contributed by atoms with van der Waals surface area (Å²) < 4.78 is 5.40. The van der Waals surface area contributed by atoms with Gasteiger partial charge in [0.05, 0.1) is 24.6 Å². The number of anilines is 2. The molecule has 5 heteroatoms. The van der Waals surface area contributed by atoms with Crippen LogP contribution in [0.25, 0.3) is 0 Å². The van der Waals surface area contributed by atoms with Crippen molar-refractivity contribution in [3.05, 3.63) is 36.4 Å². The highest BCUT2D eigenvalue weighted by molar-refractivity contribution is 5.95. The van der Waals surface area contributed by atoms with Gasteiger partial charge in [-0.15, -0.1) is 6.58 Å². The van der Waals surface area contributed by atoms with Gasteiger partial charge in [0, 0.05) is 26.2 Å². The van der Waals surface area contributed by atoms with E-state index in [9.17, 15) is 4.79 Å². The fourth-order valence-corrected chi connectivity index (χ4v) is 1.63. The lowest BCUT2D eigenvalue weighted by Gasteiger charge is -2.14. The summed E-state index contributed by atoms with van der Waals surface area (Å²) in [5.74, 6) is -0.0460. The third-order valence-corrected chi connectivity index (χ3v) is 2.73. The van der Waals surface area contributed by atoms with Crippen LogP contribution in [0.1, 0.15) is 16.8 Å². The first-order valence-corrected chi connectivity index (χ1v) is 6.60. The lowest BCUT2D eigenvalue weighted by Crippen LogP contribution is -2.22. The summed E-state index contributed by atoms with van der Waals surface area (Å²) in [6.07, 6.45) is 2.66. The number of nitrogens with two attached hydrogens (primary N) is 1. The van der Waals surface area contributed by atoms with E-state index in [1.54, 1.807) is 32.3 Å². The van der Waals surface area contributed by atoms with Crippen LogP contribution >= 0.6 is 0 Å². The first-order valence-electron chi connectivity index (χ1n) is 6.60. The number of amides is 1. The summed E-state index contributed by atoms with van der Waals surface area (Å²) >= 11 is 0. The van der Waals surface area contributed by atoms with Crippen LogP contribution in [0, 0.1) is 0 Å². The number of nitrogens with zero attached hydrogens (tertiary/aromatic N) is 1. The number of hydrogen-bond donors (Lipinski definition) is 2. The highest BCUT2D eigenvalue weighted by Gasteiger charge is 2.09. The number of carbonyl (C=O) groups is 1. The van der Waals surface area contributed by atoms with Crippen LogP contribution in [0.4, 0.5) is 11.4 Å². The molecular formula is C15H23N3O2. The molecule has 0 aliphatic heterocycles. The van der Waals surface area contributed by atoms with Gasteiger partial charge in [-0.3, -0.25) is 4.79 Å². The SMILES string of the molecule is C=CCCOCCNc1cc(C(=O)N(C)C)ccc1N. The minimum atomic E-state index is -0.0460. The second-order valence-corrected chi connectivity index (χ2v) is 4.62. The van der Waals surface area contributed by atoms with Crippen molar-refractivity contribution in [3.8, 4) is 0 Å². The third kappa shape index (κ3) is 4.93. The average molecular weight is 277 g/mol. The van der Waals surface area contributed by atoms with E-state index in [-0.39, 0.29) is 5.91 Å². The fourth-order valence-electron chi connectivity index (χ4n) is 1.63. The molecule has 1 aromatic carbocycles. The Balaban J connectivity index is 2.54. The Hall–Kier alpha value is -2.01. The number of nitrogens with one attached hydrogen (secondary N) is 1. The van der Waals surface area contributed by atoms with Crippen molar-refractivity contribution in [1.82, 2.24) is 4.90 Å². The Morgan fingerprint density at radius 2 is 2.20 bits per heavy atom. The zero-order valence-electron chi connectivity index (χ0n) is 12.2. The standard InChI is InChI=1S/C15H23N3O2/c1-4-5-9-20-10-8-17-14-11-12(6-7-13(14)16)15(19)18(2)3/h4,6-7,11,17H,1,5,8-10,16H2,2-3H3. The molecule has 20 heavy (non-hydrogen) atoms. The molecule has 110 valence electrons. The number of benzene rings is 1. The maximum absolute atomic E-state index is 11.9. The number of rotatable bonds is 8. The molecule has 0 bridgehead atoms. The molecule has 1 aromatic rings. The molecule has 0 radical (unpaired) electrons. The van der Waals surface area contributed by atoms with Crippen molar-refractivity contribution >= 4 is 17.3 Å². The van der Waals surface area contributed by atoms with E-state index in [2.05, 4.69) is 11.9 Å². The lowest BCUT2D eigenvalue weighted by molar-refractivity contribution is 0.0827. The Kier molecular flexibility index (Phi) is 6.59. The molecule has 0 saturated carbocycles. The Morgan fingerprint density at radius 3 is 2.85 bits per heavy atom. The molecule has 5 nitrogen and oxygen atoms in total. The van der Waals surface area contributed by atoms with Crippen LogP contribution in [0.3, 0.4) is 0 Å². The molecular weight excluding hydrogens is 254 g/mol. The molecule has 0 atom stereocenters. The highest BCUT2D eigenvalue weighted by Crippen LogP contribution is 2.20.